The van der Waals surface area contributed by atoms with Gasteiger partial charge in [-0.05, 0) is 62.8 Å². The fourth-order valence-electron chi connectivity index (χ4n) is 4.39. The molecule has 30 heavy (non-hydrogen) atoms. The van der Waals surface area contributed by atoms with E-state index in [2.05, 4.69) is 59.7 Å². The zero-order valence-corrected chi connectivity index (χ0v) is 18.6. The van der Waals surface area contributed by atoms with Crippen LogP contribution in [-0.4, -0.2) is 36.1 Å². The molecule has 0 amide bonds. The first-order valence-electron chi connectivity index (χ1n) is 11.0. The first-order chi connectivity index (χ1) is 14.5. The predicted molar refractivity (Wildman–Crippen MR) is 126 cm³/mol. The van der Waals surface area contributed by atoms with Crippen molar-refractivity contribution in [1.29, 1.82) is 0 Å². The van der Waals surface area contributed by atoms with Crippen molar-refractivity contribution in [2.75, 3.05) is 24.3 Å². The Morgan fingerprint density at radius 2 is 1.67 bits per heavy atom. The minimum Gasteiger partial charge on any atom is -0.362 e. The Labute approximate surface area is 179 Å². The number of aromatic nitrogens is 2. The van der Waals surface area contributed by atoms with Gasteiger partial charge in [0.2, 0.25) is 5.95 Å². The van der Waals surface area contributed by atoms with Gasteiger partial charge in [-0.2, -0.15) is 4.98 Å². The Morgan fingerprint density at radius 3 is 2.40 bits per heavy atom. The molecule has 158 valence electrons. The molecule has 0 aliphatic heterocycles. The molecule has 1 fully saturated rings. The van der Waals surface area contributed by atoms with E-state index in [4.69, 9.17) is 9.97 Å². The molecule has 2 aromatic carbocycles. The largest absolute Gasteiger partial charge is 0.362 e. The molecule has 4 rings (SSSR count). The second kappa shape index (κ2) is 9.00. The second-order valence-corrected chi connectivity index (χ2v) is 8.79. The Bertz CT molecular complexity index is 1010. The summed E-state index contributed by atoms with van der Waals surface area (Å²) in [5, 5.41) is 8.46. The van der Waals surface area contributed by atoms with Crippen molar-refractivity contribution in [3.05, 3.63) is 59.2 Å². The van der Waals surface area contributed by atoms with Crippen LogP contribution in [0.5, 0.6) is 0 Å². The van der Waals surface area contributed by atoms with E-state index in [0.717, 1.165) is 42.1 Å². The van der Waals surface area contributed by atoms with Gasteiger partial charge in [0.25, 0.3) is 0 Å². The van der Waals surface area contributed by atoms with Crippen LogP contribution in [0.15, 0.2) is 42.5 Å². The molecule has 1 aliphatic carbocycles. The molecule has 5 heteroatoms. The van der Waals surface area contributed by atoms with E-state index >= 15 is 0 Å². The number of fused-ring (bicyclic) bond motifs is 1. The van der Waals surface area contributed by atoms with Gasteiger partial charge in [-0.1, -0.05) is 35.9 Å². The van der Waals surface area contributed by atoms with Crippen molar-refractivity contribution < 1.29 is 0 Å². The quantitative estimate of drug-likeness (QED) is 0.618. The molecule has 0 saturated heterocycles. The highest BCUT2D eigenvalue weighted by molar-refractivity contribution is 5.90. The summed E-state index contributed by atoms with van der Waals surface area (Å²) in [5.74, 6) is 1.70. The van der Waals surface area contributed by atoms with Crippen LogP contribution >= 0.6 is 0 Å². The molecule has 1 aromatic heterocycles. The third-order valence-corrected chi connectivity index (χ3v) is 6.15. The summed E-state index contributed by atoms with van der Waals surface area (Å²) in [6.07, 6.45) is 4.63. The summed E-state index contributed by atoms with van der Waals surface area (Å²) < 4.78 is 0. The Balaban J connectivity index is 1.34. The fourth-order valence-corrected chi connectivity index (χ4v) is 4.39. The number of nitrogens with zero attached hydrogens (tertiary/aromatic N) is 3. The minimum atomic E-state index is 0.431. The maximum Gasteiger partial charge on any atom is 0.225 e. The lowest BCUT2D eigenvalue weighted by Gasteiger charge is -2.30. The van der Waals surface area contributed by atoms with Crippen molar-refractivity contribution in [3.8, 4) is 0 Å². The highest BCUT2D eigenvalue weighted by Gasteiger charge is 2.22. The van der Waals surface area contributed by atoms with Crippen molar-refractivity contribution in [2.24, 2.45) is 0 Å². The van der Waals surface area contributed by atoms with Gasteiger partial charge in [0.15, 0.2) is 0 Å². The van der Waals surface area contributed by atoms with E-state index in [9.17, 15) is 0 Å². The van der Waals surface area contributed by atoms with Gasteiger partial charge >= 0.3 is 0 Å². The summed E-state index contributed by atoms with van der Waals surface area (Å²) in [6, 6.07) is 16.0. The standard InChI is InChI=1S/C25H33N5/c1-17-9-10-19(18(2)15-17)16-26-20-11-13-21(14-12-20)27-25-28-23-8-6-5-7-22(23)24(29-25)30(3)4/h5-10,15,20-21,26H,11-14,16H2,1-4H3,(H,27,28,29)/t20-,21+. The molecule has 0 atom stereocenters. The van der Waals surface area contributed by atoms with E-state index in [1.54, 1.807) is 0 Å². The SMILES string of the molecule is Cc1ccc(CN[C@H]2CC[C@@H](Nc3nc(N(C)C)c4ccccc4n3)CC2)c(C)c1. The maximum atomic E-state index is 4.79. The lowest BCUT2D eigenvalue weighted by atomic mass is 9.91. The van der Waals surface area contributed by atoms with Crippen LogP contribution < -0.4 is 15.5 Å². The average molecular weight is 404 g/mol. The zero-order valence-electron chi connectivity index (χ0n) is 18.6. The topological polar surface area (TPSA) is 53.1 Å². The van der Waals surface area contributed by atoms with Gasteiger partial charge in [0, 0.05) is 38.1 Å². The van der Waals surface area contributed by atoms with Crippen LogP contribution in [0.2, 0.25) is 0 Å². The summed E-state index contributed by atoms with van der Waals surface area (Å²) in [4.78, 5) is 11.6. The summed E-state index contributed by atoms with van der Waals surface area (Å²) in [5.41, 5.74) is 5.10. The molecule has 2 N–H and O–H groups in total. The predicted octanol–water partition coefficient (Wildman–Crippen LogP) is 4.83. The number of benzene rings is 2. The number of rotatable bonds is 6. The number of para-hydroxylation sites is 1. The van der Waals surface area contributed by atoms with Crippen LogP contribution in [0.1, 0.15) is 42.4 Å². The van der Waals surface area contributed by atoms with Crippen molar-refractivity contribution in [2.45, 2.75) is 58.2 Å². The Kier molecular flexibility index (Phi) is 6.18. The smallest absolute Gasteiger partial charge is 0.225 e. The van der Waals surface area contributed by atoms with E-state index < -0.39 is 0 Å². The molecule has 5 nitrogen and oxygen atoms in total. The van der Waals surface area contributed by atoms with Crippen LogP contribution in [0.25, 0.3) is 10.9 Å². The van der Waals surface area contributed by atoms with Crippen LogP contribution in [0.4, 0.5) is 11.8 Å². The number of hydrogen-bond acceptors (Lipinski definition) is 5. The molecule has 3 aromatic rings. The van der Waals surface area contributed by atoms with Gasteiger partial charge in [-0.3, -0.25) is 0 Å². The highest BCUT2D eigenvalue weighted by Crippen LogP contribution is 2.26. The maximum absolute atomic E-state index is 4.79. The molecule has 0 unspecified atom stereocenters. The molecule has 0 bridgehead atoms. The lowest BCUT2D eigenvalue weighted by molar-refractivity contribution is 0.352. The third-order valence-electron chi connectivity index (χ3n) is 6.15. The molecule has 1 saturated carbocycles. The van der Waals surface area contributed by atoms with Crippen molar-refractivity contribution >= 4 is 22.7 Å². The molecule has 1 aliphatic rings. The lowest BCUT2D eigenvalue weighted by Crippen LogP contribution is -2.37. The Hall–Kier alpha value is -2.66. The number of anilines is 2. The van der Waals surface area contributed by atoms with Crippen LogP contribution in [-0.2, 0) is 6.54 Å². The van der Waals surface area contributed by atoms with E-state index in [0.29, 0.717) is 12.1 Å². The van der Waals surface area contributed by atoms with Gasteiger partial charge in [0.05, 0.1) is 5.52 Å². The van der Waals surface area contributed by atoms with Gasteiger partial charge in [-0.15, -0.1) is 0 Å². The molecular formula is C25H33N5. The zero-order chi connectivity index (χ0) is 21.1. The molecule has 0 radical (unpaired) electrons. The van der Waals surface area contributed by atoms with Gasteiger partial charge < -0.3 is 15.5 Å². The second-order valence-electron chi connectivity index (χ2n) is 8.79. The molecular weight excluding hydrogens is 370 g/mol. The number of aryl methyl sites for hydroxylation is 2. The van der Waals surface area contributed by atoms with Crippen LogP contribution in [0, 0.1) is 13.8 Å². The van der Waals surface area contributed by atoms with Crippen molar-refractivity contribution in [3.63, 3.8) is 0 Å². The molecule has 0 spiro atoms. The van der Waals surface area contributed by atoms with Crippen LogP contribution in [0.3, 0.4) is 0 Å². The summed E-state index contributed by atoms with van der Waals surface area (Å²) in [6.45, 7) is 5.31. The first-order valence-corrected chi connectivity index (χ1v) is 11.0. The van der Waals surface area contributed by atoms with E-state index in [-0.39, 0.29) is 0 Å². The van der Waals surface area contributed by atoms with Gasteiger partial charge in [-0.25, -0.2) is 4.98 Å². The summed E-state index contributed by atoms with van der Waals surface area (Å²) in [7, 11) is 4.07. The number of nitrogens with one attached hydrogen (secondary N) is 2. The minimum absolute atomic E-state index is 0.431. The van der Waals surface area contributed by atoms with Gasteiger partial charge in [0.1, 0.15) is 5.82 Å². The highest BCUT2D eigenvalue weighted by atomic mass is 15.2. The first kappa shape index (κ1) is 20.6. The fraction of sp³-hybridized carbons (Fsp3) is 0.440. The van der Waals surface area contributed by atoms with E-state index in [1.165, 1.54) is 29.5 Å². The van der Waals surface area contributed by atoms with E-state index in [1.807, 2.05) is 26.2 Å². The average Bonchev–Trinajstić information content (AvgIpc) is 2.73. The summed E-state index contributed by atoms with van der Waals surface area (Å²) >= 11 is 0. The normalized spacial score (nSPS) is 19.1. The monoisotopic (exact) mass is 403 g/mol. The third kappa shape index (κ3) is 4.73. The molecule has 1 heterocycles. The van der Waals surface area contributed by atoms with Crippen molar-refractivity contribution in [1.82, 2.24) is 15.3 Å². The Morgan fingerprint density at radius 1 is 0.933 bits per heavy atom. The number of hydrogen-bond donors (Lipinski definition) is 2.